The number of rotatable bonds is 10. The third-order valence-corrected chi connectivity index (χ3v) is 4.94. The number of hydrogen-bond donors (Lipinski definition) is 2. The van der Waals surface area contributed by atoms with Gasteiger partial charge in [-0.05, 0) is 35.4 Å². The smallest absolute Gasteiger partial charge is 0.141 e. The largest absolute Gasteiger partial charge is 0.506 e. The summed E-state index contributed by atoms with van der Waals surface area (Å²) in [4.78, 5) is 8.42. The van der Waals surface area contributed by atoms with Gasteiger partial charge >= 0.3 is 0 Å². The molecule has 0 spiro atoms. The monoisotopic (exact) mass is 420 g/mol. The van der Waals surface area contributed by atoms with Crippen molar-refractivity contribution in [3.63, 3.8) is 0 Å². The molecule has 2 aromatic heterocycles. The van der Waals surface area contributed by atoms with Gasteiger partial charge < -0.3 is 24.4 Å². The molecule has 2 heterocycles. The van der Waals surface area contributed by atoms with E-state index in [4.69, 9.17) is 14.2 Å². The first-order chi connectivity index (χ1) is 15.2. The molecule has 160 valence electrons. The van der Waals surface area contributed by atoms with Crippen LogP contribution in [-0.4, -0.2) is 46.6 Å². The van der Waals surface area contributed by atoms with E-state index in [9.17, 15) is 10.2 Å². The lowest BCUT2D eigenvalue weighted by molar-refractivity contribution is 0.00738. The molecule has 0 fully saturated rings. The van der Waals surface area contributed by atoms with Crippen molar-refractivity contribution in [2.75, 3.05) is 26.4 Å². The molecule has 31 heavy (non-hydrogen) atoms. The number of nitrogens with zero attached hydrogens (tertiary/aromatic N) is 2. The van der Waals surface area contributed by atoms with Crippen LogP contribution in [-0.2, 0) is 27.4 Å². The SMILES string of the molecule is Oc1ccc(COCCOCCOCc2ccc(O)c3ncccc23)c2cccnc12. The van der Waals surface area contributed by atoms with Gasteiger partial charge in [-0.15, -0.1) is 0 Å². The maximum Gasteiger partial charge on any atom is 0.141 e. The second kappa shape index (κ2) is 10.2. The van der Waals surface area contributed by atoms with E-state index in [1.54, 1.807) is 24.5 Å². The fourth-order valence-electron chi connectivity index (χ4n) is 3.39. The molecule has 0 aliphatic heterocycles. The van der Waals surface area contributed by atoms with Gasteiger partial charge in [0.05, 0.1) is 39.6 Å². The highest BCUT2D eigenvalue weighted by molar-refractivity contribution is 5.87. The minimum atomic E-state index is 0.166. The zero-order chi connectivity index (χ0) is 21.5. The number of ether oxygens (including phenoxy) is 3. The van der Waals surface area contributed by atoms with Gasteiger partial charge in [-0.3, -0.25) is 9.97 Å². The van der Waals surface area contributed by atoms with E-state index in [-0.39, 0.29) is 11.5 Å². The van der Waals surface area contributed by atoms with E-state index in [2.05, 4.69) is 9.97 Å². The Balaban J connectivity index is 1.15. The van der Waals surface area contributed by atoms with Crippen LogP contribution in [0, 0.1) is 0 Å². The summed E-state index contributed by atoms with van der Waals surface area (Å²) in [7, 11) is 0. The van der Waals surface area contributed by atoms with Crippen LogP contribution in [0.15, 0.2) is 60.9 Å². The van der Waals surface area contributed by atoms with Crippen molar-refractivity contribution < 1.29 is 24.4 Å². The highest BCUT2D eigenvalue weighted by atomic mass is 16.5. The molecule has 0 atom stereocenters. The van der Waals surface area contributed by atoms with Gasteiger partial charge in [0.2, 0.25) is 0 Å². The lowest BCUT2D eigenvalue weighted by Gasteiger charge is -2.10. The Morgan fingerprint density at radius 3 is 1.52 bits per heavy atom. The van der Waals surface area contributed by atoms with Crippen LogP contribution in [0.4, 0.5) is 0 Å². The highest BCUT2D eigenvalue weighted by Crippen LogP contribution is 2.26. The number of aromatic hydroxyl groups is 2. The zero-order valence-electron chi connectivity index (χ0n) is 17.0. The van der Waals surface area contributed by atoms with Crippen LogP contribution in [0.1, 0.15) is 11.1 Å². The highest BCUT2D eigenvalue weighted by Gasteiger charge is 2.07. The summed E-state index contributed by atoms with van der Waals surface area (Å²) >= 11 is 0. The minimum absolute atomic E-state index is 0.166. The van der Waals surface area contributed by atoms with Crippen molar-refractivity contribution in [1.82, 2.24) is 9.97 Å². The van der Waals surface area contributed by atoms with Crippen molar-refractivity contribution in [3.05, 3.63) is 72.1 Å². The van der Waals surface area contributed by atoms with Crippen molar-refractivity contribution in [2.45, 2.75) is 13.2 Å². The van der Waals surface area contributed by atoms with E-state index < -0.39 is 0 Å². The van der Waals surface area contributed by atoms with E-state index in [0.29, 0.717) is 50.7 Å². The predicted octanol–water partition coefficient (Wildman–Crippen LogP) is 3.94. The summed E-state index contributed by atoms with van der Waals surface area (Å²) in [5.41, 5.74) is 3.10. The molecule has 0 saturated carbocycles. The van der Waals surface area contributed by atoms with Crippen molar-refractivity contribution in [2.24, 2.45) is 0 Å². The molecule has 0 unspecified atom stereocenters. The number of benzene rings is 2. The summed E-state index contributed by atoms with van der Waals surface area (Å²) in [6, 6.07) is 14.5. The lowest BCUT2D eigenvalue weighted by atomic mass is 10.1. The number of pyridine rings is 2. The zero-order valence-corrected chi connectivity index (χ0v) is 17.0. The third-order valence-electron chi connectivity index (χ3n) is 4.94. The Morgan fingerprint density at radius 2 is 1.03 bits per heavy atom. The van der Waals surface area contributed by atoms with Crippen LogP contribution >= 0.6 is 0 Å². The Morgan fingerprint density at radius 1 is 0.581 bits per heavy atom. The predicted molar refractivity (Wildman–Crippen MR) is 117 cm³/mol. The number of fused-ring (bicyclic) bond motifs is 2. The number of aromatic nitrogens is 2. The molecule has 0 bridgehead atoms. The molecule has 7 nitrogen and oxygen atoms in total. The Kier molecular flexibility index (Phi) is 6.89. The first-order valence-electron chi connectivity index (χ1n) is 10.1. The summed E-state index contributed by atoms with van der Waals surface area (Å²) in [6.45, 7) is 2.68. The van der Waals surface area contributed by atoms with E-state index in [1.165, 1.54) is 0 Å². The number of phenols is 2. The molecular formula is C24H24N2O5. The van der Waals surface area contributed by atoms with Gasteiger partial charge in [0, 0.05) is 23.2 Å². The molecule has 4 rings (SSSR count). The molecule has 0 saturated heterocycles. The van der Waals surface area contributed by atoms with Gasteiger partial charge in [-0.25, -0.2) is 0 Å². The van der Waals surface area contributed by atoms with E-state index in [1.807, 2.05) is 36.4 Å². The Bertz CT molecular complexity index is 1070. The average Bonchev–Trinajstić information content (AvgIpc) is 2.81. The van der Waals surface area contributed by atoms with Crippen LogP contribution in [0.5, 0.6) is 11.5 Å². The van der Waals surface area contributed by atoms with E-state index in [0.717, 1.165) is 21.9 Å². The fraction of sp³-hybridized carbons (Fsp3) is 0.250. The standard InChI is InChI=1S/C24H24N2O5/c27-21-7-5-17(19-3-1-9-25-23(19)21)15-30-13-11-29-12-14-31-16-18-6-8-22(28)24-20(18)4-2-10-26-24/h1-10,27-28H,11-16H2. The summed E-state index contributed by atoms with van der Waals surface area (Å²) in [5.74, 6) is 0.332. The topological polar surface area (TPSA) is 93.9 Å². The quantitative estimate of drug-likeness (QED) is 0.375. The average molecular weight is 420 g/mol. The molecule has 4 aromatic rings. The van der Waals surface area contributed by atoms with Gasteiger partial charge in [-0.1, -0.05) is 24.3 Å². The van der Waals surface area contributed by atoms with Crippen LogP contribution in [0.3, 0.4) is 0 Å². The first kappa shape index (κ1) is 21.0. The Hall–Kier alpha value is -3.26. The first-order valence-corrected chi connectivity index (χ1v) is 10.1. The van der Waals surface area contributed by atoms with Gasteiger partial charge in [0.15, 0.2) is 0 Å². The molecule has 0 radical (unpaired) electrons. The van der Waals surface area contributed by atoms with E-state index >= 15 is 0 Å². The molecule has 7 heteroatoms. The maximum atomic E-state index is 9.90. The van der Waals surface area contributed by atoms with Crippen molar-refractivity contribution >= 4 is 21.8 Å². The van der Waals surface area contributed by atoms with Crippen LogP contribution in [0.25, 0.3) is 21.8 Å². The maximum absolute atomic E-state index is 9.90. The van der Waals surface area contributed by atoms with Crippen molar-refractivity contribution in [3.8, 4) is 11.5 Å². The van der Waals surface area contributed by atoms with Gasteiger partial charge in [0.25, 0.3) is 0 Å². The van der Waals surface area contributed by atoms with Gasteiger partial charge in [-0.2, -0.15) is 0 Å². The molecule has 0 aliphatic rings. The fourth-order valence-corrected chi connectivity index (χ4v) is 3.39. The number of phenolic OH excluding ortho intramolecular Hbond substituents is 2. The third kappa shape index (κ3) is 5.08. The normalized spacial score (nSPS) is 11.4. The summed E-state index contributed by atoms with van der Waals surface area (Å²) < 4.78 is 17.0. The second-order valence-corrected chi connectivity index (χ2v) is 7.00. The second-order valence-electron chi connectivity index (χ2n) is 7.00. The molecule has 0 amide bonds. The van der Waals surface area contributed by atoms with Crippen molar-refractivity contribution in [1.29, 1.82) is 0 Å². The number of hydrogen-bond acceptors (Lipinski definition) is 7. The lowest BCUT2D eigenvalue weighted by Crippen LogP contribution is -2.09. The minimum Gasteiger partial charge on any atom is -0.506 e. The van der Waals surface area contributed by atoms with Crippen LogP contribution in [0.2, 0.25) is 0 Å². The van der Waals surface area contributed by atoms with Crippen LogP contribution < -0.4 is 0 Å². The molecule has 0 aliphatic carbocycles. The summed E-state index contributed by atoms with van der Waals surface area (Å²) in [5, 5.41) is 21.6. The molecular weight excluding hydrogens is 396 g/mol. The summed E-state index contributed by atoms with van der Waals surface area (Å²) in [6.07, 6.45) is 3.31. The Labute approximate surface area is 179 Å². The molecule has 2 N–H and O–H groups in total. The molecule has 2 aromatic carbocycles. The van der Waals surface area contributed by atoms with Gasteiger partial charge in [0.1, 0.15) is 22.5 Å².